The van der Waals surface area contributed by atoms with Crippen molar-refractivity contribution in [3.05, 3.63) is 77.9 Å². The van der Waals surface area contributed by atoms with Crippen molar-refractivity contribution in [3.63, 3.8) is 0 Å². The number of nitriles is 1. The Kier molecular flexibility index (Phi) is 5.14. The average molecular weight is 359 g/mol. The molecule has 0 saturated heterocycles. The van der Waals surface area contributed by atoms with E-state index >= 15 is 0 Å². The van der Waals surface area contributed by atoms with Crippen molar-refractivity contribution in [1.82, 2.24) is 0 Å². The SMILES string of the molecule is CCC(C#N)(C(=O)O)C(c1cccc(OC)c1)c1cccc2ccccc12. The number of nitrogens with zero attached hydrogens (tertiary/aromatic N) is 1. The summed E-state index contributed by atoms with van der Waals surface area (Å²) in [6, 6.07) is 23.1. The second-order valence-electron chi connectivity index (χ2n) is 6.52. The summed E-state index contributed by atoms with van der Waals surface area (Å²) in [7, 11) is 1.57. The van der Waals surface area contributed by atoms with Crippen LogP contribution in [0.4, 0.5) is 0 Å². The molecule has 0 aliphatic rings. The fourth-order valence-corrected chi connectivity index (χ4v) is 3.72. The van der Waals surface area contributed by atoms with E-state index in [9.17, 15) is 15.2 Å². The lowest BCUT2D eigenvalue weighted by Gasteiger charge is -2.32. The smallest absolute Gasteiger partial charge is 0.325 e. The lowest BCUT2D eigenvalue weighted by molar-refractivity contribution is -0.146. The highest BCUT2D eigenvalue weighted by molar-refractivity contribution is 5.89. The minimum atomic E-state index is -1.59. The topological polar surface area (TPSA) is 70.3 Å². The van der Waals surface area contributed by atoms with Gasteiger partial charge in [-0.05, 0) is 40.5 Å². The maximum Gasteiger partial charge on any atom is 0.325 e. The Hall–Kier alpha value is -3.32. The molecule has 0 fully saturated rings. The molecule has 0 spiro atoms. The van der Waals surface area contributed by atoms with Crippen LogP contribution in [0.25, 0.3) is 10.8 Å². The number of fused-ring (bicyclic) bond motifs is 1. The molecular formula is C23H21NO3. The number of rotatable bonds is 6. The second-order valence-corrected chi connectivity index (χ2v) is 6.52. The van der Waals surface area contributed by atoms with Crippen molar-refractivity contribution in [3.8, 4) is 11.8 Å². The Labute approximate surface area is 158 Å². The van der Waals surface area contributed by atoms with Gasteiger partial charge in [-0.25, -0.2) is 0 Å². The molecule has 3 aromatic rings. The number of ether oxygens (including phenoxy) is 1. The monoisotopic (exact) mass is 359 g/mol. The Morgan fingerprint density at radius 2 is 1.85 bits per heavy atom. The number of methoxy groups -OCH3 is 1. The van der Waals surface area contributed by atoms with Crippen LogP contribution in [0.3, 0.4) is 0 Å². The predicted molar refractivity (Wildman–Crippen MR) is 105 cm³/mol. The van der Waals surface area contributed by atoms with Crippen molar-refractivity contribution < 1.29 is 14.6 Å². The van der Waals surface area contributed by atoms with Gasteiger partial charge < -0.3 is 9.84 Å². The third-order valence-electron chi connectivity index (χ3n) is 5.19. The molecule has 0 saturated carbocycles. The quantitative estimate of drug-likeness (QED) is 0.673. The molecule has 4 nitrogen and oxygen atoms in total. The third-order valence-corrected chi connectivity index (χ3v) is 5.19. The first-order valence-electron chi connectivity index (χ1n) is 8.83. The molecule has 0 bridgehead atoms. The molecular weight excluding hydrogens is 338 g/mol. The summed E-state index contributed by atoms with van der Waals surface area (Å²) in [4.78, 5) is 12.3. The van der Waals surface area contributed by atoms with Crippen LogP contribution in [0.2, 0.25) is 0 Å². The summed E-state index contributed by atoms with van der Waals surface area (Å²) in [5.41, 5.74) is -0.0140. The molecule has 0 heterocycles. The van der Waals surface area contributed by atoms with Gasteiger partial charge >= 0.3 is 5.97 Å². The van der Waals surface area contributed by atoms with E-state index in [0.29, 0.717) is 5.75 Å². The van der Waals surface area contributed by atoms with Gasteiger partial charge in [0.25, 0.3) is 0 Å². The highest BCUT2D eigenvalue weighted by Gasteiger charge is 2.47. The van der Waals surface area contributed by atoms with Crippen molar-refractivity contribution in [2.75, 3.05) is 7.11 Å². The Balaban J connectivity index is 2.37. The summed E-state index contributed by atoms with van der Waals surface area (Å²) in [6.45, 7) is 1.75. The number of hydrogen-bond acceptors (Lipinski definition) is 3. The lowest BCUT2D eigenvalue weighted by atomic mass is 9.67. The van der Waals surface area contributed by atoms with E-state index < -0.39 is 17.3 Å². The average Bonchev–Trinajstić information content (AvgIpc) is 2.71. The zero-order valence-corrected chi connectivity index (χ0v) is 15.3. The summed E-state index contributed by atoms with van der Waals surface area (Å²) < 4.78 is 5.34. The van der Waals surface area contributed by atoms with Gasteiger partial charge in [-0.2, -0.15) is 5.26 Å². The highest BCUT2D eigenvalue weighted by atomic mass is 16.5. The number of carboxylic acids is 1. The van der Waals surface area contributed by atoms with Crippen LogP contribution in [-0.4, -0.2) is 18.2 Å². The Bertz CT molecular complexity index is 1020. The maximum atomic E-state index is 12.3. The minimum Gasteiger partial charge on any atom is -0.497 e. The Morgan fingerprint density at radius 3 is 2.52 bits per heavy atom. The van der Waals surface area contributed by atoms with Gasteiger partial charge in [-0.3, -0.25) is 4.79 Å². The van der Waals surface area contributed by atoms with E-state index in [1.54, 1.807) is 14.0 Å². The molecule has 0 amide bonds. The van der Waals surface area contributed by atoms with E-state index in [1.807, 2.05) is 66.7 Å². The van der Waals surface area contributed by atoms with Crippen molar-refractivity contribution in [1.29, 1.82) is 5.26 Å². The van der Waals surface area contributed by atoms with Crippen LogP contribution >= 0.6 is 0 Å². The zero-order valence-electron chi connectivity index (χ0n) is 15.3. The summed E-state index contributed by atoms with van der Waals surface area (Å²) in [5, 5.41) is 22.0. The maximum absolute atomic E-state index is 12.3. The van der Waals surface area contributed by atoms with Crippen molar-refractivity contribution in [2.45, 2.75) is 19.3 Å². The molecule has 2 unspecified atom stereocenters. The van der Waals surface area contributed by atoms with Crippen molar-refractivity contribution in [2.24, 2.45) is 5.41 Å². The summed E-state index contributed by atoms with van der Waals surface area (Å²) in [5.74, 6) is -1.12. The number of carboxylic acid groups (broad SMARTS) is 1. The number of hydrogen-bond donors (Lipinski definition) is 1. The van der Waals surface area contributed by atoms with E-state index in [0.717, 1.165) is 21.9 Å². The molecule has 3 rings (SSSR count). The number of carbonyl (C=O) groups is 1. The molecule has 136 valence electrons. The first-order valence-corrected chi connectivity index (χ1v) is 8.83. The Morgan fingerprint density at radius 1 is 1.15 bits per heavy atom. The fourth-order valence-electron chi connectivity index (χ4n) is 3.72. The molecule has 0 aliphatic heterocycles. The molecule has 3 aromatic carbocycles. The molecule has 0 aliphatic carbocycles. The van der Waals surface area contributed by atoms with Gasteiger partial charge in [-0.1, -0.05) is 61.5 Å². The zero-order chi connectivity index (χ0) is 19.4. The van der Waals surface area contributed by atoms with Gasteiger partial charge in [0.1, 0.15) is 5.75 Å². The van der Waals surface area contributed by atoms with Gasteiger partial charge in [-0.15, -0.1) is 0 Å². The molecule has 27 heavy (non-hydrogen) atoms. The van der Waals surface area contributed by atoms with E-state index in [2.05, 4.69) is 6.07 Å². The standard InChI is InChI=1S/C23H21NO3/c1-3-23(15-24,22(25)26)21(17-10-6-11-18(14-17)27-2)20-13-7-9-16-8-4-5-12-19(16)20/h4-14,21H,3H2,1-2H3,(H,25,26). The van der Waals surface area contributed by atoms with Crippen LogP contribution in [0.15, 0.2) is 66.7 Å². The van der Waals surface area contributed by atoms with Crippen LogP contribution in [0.5, 0.6) is 5.75 Å². The first-order chi connectivity index (χ1) is 13.1. The van der Waals surface area contributed by atoms with E-state index in [-0.39, 0.29) is 6.42 Å². The van der Waals surface area contributed by atoms with Gasteiger partial charge in [0, 0.05) is 5.92 Å². The van der Waals surface area contributed by atoms with Crippen LogP contribution in [-0.2, 0) is 4.79 Å². The van der Waals surface area contributed by atoms with Crippen LogP contribution in [0.1, 0.15) is 30.4 Å². The molecule has 4 heteroatoms. The van der Waals surface area contributed by atoms with Crippen molar-refractivity contribution >= 4 is 16.7 Å². The van der Waals surface area contributed by atoms with Gasteiger partial charge in [0.05, 0.1) is 13.2 Å². The van der Waals surface area contributed by atoms with Crippen LogP contribution in [0, 0.1) is 16.7 Å². The van der Waals surface area contributed by atoms with Gasteiger partial charge in [0.2, 0.25) is 0 Å². The minimum absolute atomic E-state index is 0.184. The van der Waals surface area contributed by atoms with Crippen LogP contribution < -0.4 is 4.74 Å². The normalized spacial score (nSPS) is 14.1. The largest absolute Gasteiger partial charge is 0.497 e. The summed E-state index contributed by atoms with van der Waals surface area (Å²) in [6.07, 6.45) is 0.184. The number of aliphatic carboxylic acids is 1. The van der Waals surface area contributed by atoms with E-state index in [1.165, 1.54) is 0 Å². The lowest BCUT2D eigenvalue weighted by Crippen LogP contribution is -2.36. The number of benzene rings is 3. The third kappa shape index (κ3) is 3.13. The second kappa shape index (κ2) is 7.51. The molecule has 0 aromatic heterocycles. The molecule has 2 atom stereocenters. The molecule has 1 N–H and O–H groups in total. The first kappa shape index (κ1) is 18.5. The van der Waals surface area contributed by atoms with Gasteiger partial charge in [0.15, 0.2) is 5.41 Å². The fraction of sp³-hybridized carbons (Fsp3) is 0.217. The predicted octanol–water partition coefficient (Wildman–Crippen LogP) is 4.98. The molecule has 0 radical (unpaired) electrons. The summed E-state index contributed by atoms with van der Waals surface area (Å²) >= 11 is 0. The van der Waals surface area contributed by atoms with E-state index in [4.69, 9.17) is 4.74 Å². The highest BCUT2D eigenvalue weighted by Crippen LogP contribution is 2.46.